The van der Waals surface area contributed by atoms with Gasteiger partial charge in [-0.05, 0) is 36.2 Å². The van der Waals surface area contributed by atoms with Gasteiger partial charge in [0.25, 0.3) is 0 Å². The van der Waals surface area contributed by atoms with Crippen LogP contribution in [0.1, 0.15) is 11.1 Å². The van der Waals surface area contributed by atoms with Gasteiger partial charge in [-0.25, -0.2) is 0 Å². The predicted molar refractivity (Wildman–Crippen MR) is 82.4 cm³/mol. The number of ether oxygens (including phenoxy) is 1. The topological polar surface area (TPSA) is 80.3 Å². The zero-order valence-electron chi connectivity index (χ0n) is 12.4. The smallest absolute Gasteiger partial charge is 0.313 e. The minimum atomic E-state index is -0.743. The highest BCUT2D eigenvalue weighted by Crippen LogP contribution is 2.24. The number of nitrogens with one attached hydrogen (secondary N) is 2. The summed E-state index contributed by atoms with van der Waals surface area (Å²) in [5.41, 5.74) is 2.23. The molecule has 6 nitrogen and oxygen atoms in total. The van der Waals surface area contributed by atoms with E-state index in [0.29, 0.717) is 11.4 Å². The van der Waals surface area contributed by atoms with Crippen molar-refractivity contribution in [2.24, 2.45) is 0 Å². The summed E-state index contributed by atoms with van der Waals surface area (Å²) in [6.07, 6.45) is 3.27. The molecule has 2 amide bonds. The highest BCUT2D eigenvalue weighted by atomic mass is 16.5. The fourth-order valence-corrected chi connectivity index (χ4v) is 1.86. The Labute approximate surface area is 128 Å². The maximum Gasteiger partial charge on any atom is 0.313 e. The molecule has 0 fully saturated rings. The molecule has 2 N–H and O–H groups in total. The van der Waals surface area contributed by atoms with E-state index in [-0.39, 0.29) is 6.54 Å². The van der Waals surface area contributed by atoms with Crippen molar-refractivity contribution in [3.8, 4) is 5.75 Å². The molecule has 2 aromatic rings. The van der Waals surface area contributed by atoms with Crippen molar-refractivity contribution in [2.75, 3.05) is 12.4 Å². The zero-order valence-corrected chi connectivity index (χ0v) is 12.4. The van der Waals surface area contributed by atoms with E-state index in [9.17, 15) is 9.59 Å². The average molecular weight is 299 g/mol. The standard InChI is InChI=1S/C16H17N3O3/c1-11-5-6-14(22-2)13(8-11)19-16(21)15(20)18-10-12-4-3-7-17-9-12/h3-9H,10H2,1-2H3,(H,18,20)(H,19,21). The molecule has 0 saturated carbocycles. The van der Waals surface area contributed by atoms with E-state index in [0.717, 1.165) is 11.1 Å². The number of pyridine rings is 1. The largest absolute Gasteiger partial charge is 0.495 e. The Morgan fingerprint density at radius 3 is 2.73 bits per heavy atom. The third-order valence-electron chi connectivity index (χ3n) is 2.99. The van der Waals surface area contributed by atoms with Crippen LogP contribution in [0.3, 0.4) is 0 Å². The molecule has 0 aliphatic rings. The maximum atomic E-state index is 11.9. The molecule has 0 unspecified atom stereocenters. The quantitative estimate of drug-likeness (QED) is 0.841. The van der Waals surface area contributed by atoms with E-state index in [1.807, 2.05) is 19.1 Å². The summed E-state index contributed by atoms with van der Waals surface area (Å²) in [4.78, 5) is 27.7. The van der Waals surface area contributed by atoms with Gasteiger partial charge in [-0.3, -0.25) is 14.6 Å². The van der Waals surface area contributed by atoms with E-state index in [1.165, 1.54) is 7.11 Å². The van der Waals surface area contributed by atoms with Gasteiger partial charge in [0.2, 0.25) is 0 Å². The van der Waals surface area contributed by atoms with Gasteiger partial charge in [-0.15, -0.1) is 0 Å². The van der Waals surface area contributed by atoms with Crippen LogP contribution in [0.2, 0.25) is 0 Å². The minimum absolute atomic E-state index is 0.241. The van der Waals surface area contributed by atoms with E-state index >= 15 is 0 Å². The van der Waals surface area contributed by atoms with E-state index in [4.69, 9.17) is 4.74 Å². The first-order chi connectivity index (χ1) is 10.6. The Hall–Kier alpha value is -2.89. The Morgan fingerprint density at radius 1 is 1.23 bits per heavy atom. The number of hydrogen-bond acceptors (Lipinski definition) is 4. The first-order valence-electron chi connectivity index (χ1n) is 6.73. The van der Waals surface area contributed by atoms with Crippen LogP contribution in [-0.2, 0) is 16.1 Å². The molecule has 0 spiro atoms. The van der Waals surface area contributed by atoms with Crippen LogP contribution in [0.15, 0.2) is 42.7 Å². The zero-order chi connectivity index (χ0) is 15.9. The highest BCUT2D eigenvalue weighted by molar-refractivity contribution is 6.39. The molecular weight excluding hydrogens is 282 g/mol. The molecule has 22 heavy (non-hydrogen) atoms. The molecule has 0 atom stereocenters. The number of benzene rings is 1. The van der Waals surface area contributed by atoms with Gasteiger partial charge in [0, 0.05) is 18.9 Å². The molecule has 0 radical (unpaired) electrons. The van der Waals surface area contributed by atoms with Crippen LogP contribution in [0.4, 0.5) is 5.69 Å². The second-order valence-electron chi connectivity index (χ2n) is 4.70. The van der Waals surface area contributed by atoms with Gasteiger partial charge in [-0.2, -0.15) is 0 Å². The van der Waals surface area contributed by atoms with Gasteiger partial charge in [-0.1, -0.05) is 12.1 Å². The number of nitrogens with zero attached hydrogens (tertiary/aromatic N) is 1. The van der Waals surface area contributed by atoms with Crippen molar-refractivity contribution in [3.05, 3.63) is 53.9 Å². The second kappa shape index (κ2) is 7.21. The number of anilines is 1. The lowest BCUT2D eigenvalue weighted by Crippen LogP contribution is -2.35. The van der Waals surface area contributed by atoms with Crippen molar-refractivity contribution >= 4 is 17.5 Å². The number of aromatic nitrogens is 1. The van der Waals surface area contributed by atoms with Crippen molar-refractivity contribution < 1.29 is 14.3 Å². The summed E-state index contributed by atoms with van der Waals surface area (Å²) in [6, 6.07) is 8.91. The number of rotatable bonds is 4. The van der Waals surface area contributed by atoms with E-state index in [1.54, 1.807) is 30.6 Å². The summed E-state index contributed by atoms with van der Waals surface area (Å²) in [6.45, 7) is 2.13. The monoisotopic (exact) mass is 299 g/mol. The number of hydrogen-bond donors (Lipinski definition) is 2. The minimum Gasteiger partial charge on any atom is -0.495 e. The summed E-state index contributed by atoms with van der Waals surface area (Å²) in [7, 11) is 1.50. The number of amides is 2. The number of carbonyl (C=O) groups is 2. The van der Waals surface area contributed by atoms with Gasteiger partial charge in [0.1, 0.15) is 5.75 Å². The van der Waals surface area contributed by atoms with Crippen LogP contribution in [0.25, 0.3) is 0 Å². The number of aryl methyl sites for hydroxylation is 1. The molecule has 114 valence electrons. The Bertz CT molecular complexity index is 672. The van der Waals surface area contributed by atoms with Crippen LogP contribution < -0.4 is 15.4 Å². The first kappa shape index (κ1) is 15.5. The molecule has 1 aromatic carbocycles. The van der Waals surface area contributed by atoms with Crippen LogP contribution in [0, 0.1) is 6.92 Å². The first-order valence-corrected chi connectivity index (χ1v) is 6.73. The third-order valence-corrected chi connectivity index (χ3v) is 2.99. The molecule has 0 aliphatic heterocycles. The lowest BCUT2D eigenvalue weighted by Gasteiger charge is -2.11. The number of methoxy groups -OCH3 is 1. The molecule has 6 heteroatoms. The summed E-state index contributed by atoms with van der Waals surface area (Å²) < 4.78 is 5.16. The predicted octanol–water partition coefficient (Wildman–Crippen LogP) is 1.65. The summed E-state index contributed by atoms with van der Waals surface area (Å²) in [5, 5.41) is 5.09. The molecular formula is C16H17N3O3. The van der Waals surface area contributed by atoms with E-state index in [2.05, 4.69) is 15.6 Å². The molecule has 1 heterocycles. The lowest BCUT2D eigenvalue weighted by molar-refractivity contribution is -0.136. The molecule has 1 aromatic heterocycles. The van der Waals surface area contributed by atoms with Crippen LogP contribution in [0.5, 0.6) is 5.75 Å². The maximum absolute atomic E-state index is 11.9. The van der Waals surface area contributed by atoms with Crippen LogP contribution in [-0.4, -0.2) is 23.9 Å². The molecule has 0 saturated heterocycles. The van der Waals surface area contributed by atoms with Gasteiger partial charge in [0.05, 0.1) is 12.8 Å². The van der Waals surface area contributed by atoms with Crippen molar-refractivity contribution in [3.63, 3.8) is 0 Å². The fourth-order valence-electron chi connectivity index (χ4n) is 1.86. The lowest BCUT2D eigenvalue weighted by atomic mass is 10.2. The molecule has 2 rings (SSSR count). The highest BCUT2D eigenvalue weighted by Gasteiger charge is 2.15. The van der Waals surface area contributed by atoms with Crippen molar-refractivity contribution in [2.45, 2.75) is 13.5 Å². The van der Waals surface area contributed by atoms with Gasteiger partial charge < -0.3 is 15.4 Å². The Kier molecular flexibility index (Phi) is 5.08. The molecule has 0 bridgehead atoms. The Balaban J connectivity index is 1.97. The number of carbonyl (C=O) groups excluding carboxylic acids is 2. The van der Waals surface area contributed by atoms with Gasteiger partial charge >= 0.3 is 11.8 Å². The molecule has 0 aliphatic carbocycles. The van der Waals surface area contributed by atoms with Crippen molar-refractivity contribution in [1.29, 1.82) is 0 Å². The van der Waals surface area contributed by atoms with Crippen LogP contribution >= 0.6 is 0 Å². The van der Waals surface area contributed by atoms with Gasteiger partial charge in [0.15, 0.2) is 0 Å². The third kappa shape index (κ3) is 4.05. The normalized spacial score (nSPS) is 9.91. The fraction of sp³-hybridized carbons (Fsp3) is 0.188. The van der Waals surface area contributed by atoms with E-state index < -0.39 is 11.8 Å². The van der Waals surface area contributed by atoms with Crippen molar-refractivity contribution in [1.82, 2.24) is 10.3 Å². The average Bonchev–Trinajstić information content (AvgIpc) is 2.53. The second-order valence-corrected chi connectivity index (χ2v) is 4.70. The summed E-state index contributed by atoms with van der Waals surface area (Å²) in [5.74, 6) is -0.959. The Morgan fingerprint density at radius 2 is 2.05 bits per heavy atom. The SMILES string of the molecule is COc1ccc(C)cc1NC(=O)C(=O)NCc1cccnc1. The summed E-state index contributed by atoms with van der Waals surface area (Å²) >= 11 is 0.